The second-order valence-electron chi connectivity index (χ2n) is 4.01. The number of benzene rings is 1. The van der Waals surface area contributed by atoms with E-state index in [0.717, 1.165) is 0 Å². The first kappa shape index (κ1) is 11.0. The first-order valence-corrected chi connectivity index (χ1v) is 8.55. The maximum atomic E-state index is 8.98. The van der Waals surface area contributed by atoms with E-state index in [-0.39, 0.29) is 6.61 Å². The zero-order chi connectivity index (χ0) is 9.97. The van der Waals surface area contributed by atoms with Gasteiger partial charge in [-0.05, 0) is 0 Å². The number of rotatable bonds is 3. The van der Waals surface area contributed by atoms with Crippen molar-refractivity contribution in [1.82, 2.24) is 0 Å². The van der Waals surface area contributed by atoms with Crippen molar-refractivity contribution < 1.29 is 5.11 Å². The van der Waals surface area contributed by atoms with Gasteiger partial charge in [0.15, 0.2) is 0 Å². The molecule has 0 unspecified atom stereocenters. The molecule has 0 heterocycles. The van der Waals surface area contributed by atoms with Gasteiger partial charge in [-0.25, -0.2) is 0 Å². The molecule has 0 aliphatic rings. The van der Waals surface area contributed by atoms with E-state index in [4.69, 9.17) is 16.3 Å². The van der Waals surface area contributed by atoms with E-state index in [2.05, 4.69) is 13.3 Å². The predicted molar refractivity (Wildman–Crippen MR) is 62.6 cm³/mol. The van der Waals surface area contributed by atoms with Gasteiger partial charge in [0.05, 0.1) is 0 Å². The first-order valence-electron chi connectivity index (χ1n) is 4.33. The normalized spacial score (nSPS) is 14.9. The Hall–Kier alpha value is -0.100. The number of hydrogen-bond acceptors (Lipinski definition) is 1. The van der Waals surface area contributed by atoms with Gasteiger partial charge in [0.2, 0.25) is 0 Å². The summed E-state index contributed by atoms with van der Waals surface area (Å²) in [5.74, 6) is -2.32. The molecule has 0 amide bonds. The fraction of sp³-hybridized carbons (Fsp3) is 0.400. The van der Waals surface area contributed by atoms with Gasteiger partial charge < -0.3 is 0 Å². The van der Waals surface area contributed by atoms with Crippen LogP contribution in [0.2, 0.25) is 0 Å². The van der Waals surface area contributed by atoms with Crippen molar-refractivity contribution in [3.05, 3.63) is 30.3 Å². The summed E-state index contributed by atoms with van der Waals surface area (Å²) in [6.45, 7) is 4.29. The van der Waals surface area contributed by atoms with Crippen LogP contribution in [0.15, 0.2) is 30.3 Å². The van der Waals surface area contributed by atoms with Crippen LogP contribution >= 0.6 is 17.2 Å². The van der Waals surface area contributed by atoms with Gasteiger partial charge >= 0.3 is 84.0 Å². The number of aliphatic hydroxyl groups excluding tert-OH is 1. The van der Waals surface area contributed by atoms with E-state index in [0.29, 0.717) is 6.16 Å². The van der Waals surface area contributed by atoms with Gasteiger partial charge in [-0.3, -0.25) is 0 Å². The van der Waals surface area contributed by atoms with Crippen LogP contribution in [0.3, 0.4) is 0 Å². The van der Waals surface area contributed by atoms with Crippen LogP contribution in [0.1, 0.15) is 0 Å². The summed E-state index contributed by atoms with van der Waals surface area (Å²) in [5.41, 5.74) is 0. The molecule has 0 saturated carbocycles. The monoisotopic (exact) mass is 218 g/mol. The molecule has 1 nitrogen and oxygen atoms in total. The van der Waals surface area contributed by atoms with Gasteiger partial charge in [0.25, 0.3) is 0 Å². The Morgan fingerprint density at radius 1 is 1.23 bits per heavy atom. The summed E-state index contributed by atoms with van der Waals surface area (Å²) in [6.07, 6.45) is 0.678. The van der Waals surface area contributed by atoms with E-state index in [9.17, 15) is 0 Å². The van der Waals surface area contributed by atoms with E-state index in [1.54, 1.807) is 0 Å². The Kier molecular flexibility index (Phi) is 3.01. The van der Waals surface area contributed by atoms with Crippen LogP contribution in [0.4, 0.5) is 0 Å². The second-order valence-corrected chi connectivity index (χ2v) is 12.7. The van der Waals surface area contributed by atoms with Crippen LogP contribution in [0, 0.1) is 0 Å². The van der Waals surface area contributed by atoms with Crippen molar-refractivity contribution in [3.8, 4) is 0 Å². The SMILES string of the molecule is CP(C)(Cl)(CCO)c1ccccc1. The van der Waals surface area contributed by atoms with E-state index in [1.807, 2.05) is 30.3 Å². The fourth-order valence-corrected chi connectivity index (χ4v) is 3.80. The van der Waals surface area contributed by atoms with Crippen molar-refractivity contribution >= 4 is 22.5 Å². The van der Waals surface area contributed by atoms with Crippen LogP contribution in [-0.2, 0) is 0 Å². The van der Waals surface area contributed by atoms with Crippen molar-refractivity contribution in [3.63, 3.8) is 0 Å². The molecule has 0 radical (unpaired) electrons. The predicted octanol–water partition coefficient (Wildman–Crippen LogP) is 2.27. The second kappa shape index (κ2) is 3.57. The Bertz CT molecular complexity index is 276. The molecule has 0 aromatic heterocycles. The van der Waals surface area contributed by atoms with Gasteiger partial charge in [0, 0.05) is 0 Å². The molecule has 0 saturated heterocycles. The third-order valence-corrected chi connectivity index (χ3v) is 6.77. The average Bonchev–Trinajstić information content (AvgIpc) is 2.05. The molecule has 74 valence electrons. The molecule has 0 fully saturated rings. The van der Waals surface area contributed by atoms with Gasteiger partial charge in [-0.2, -0.15) is 0 Å². The molecule has 3 heteroatoms. The van der Waals surface area contributed by atoms with Gasteiger partial charge in [-0.1, -0.05) is 0 Å². The Morgan fingerprint density at radius 3 is 2.23 bits per heavy atom. The average molecular weight is 219 g/mol. The Labute approximate surface area is 84.5 Å². The molecule has 13 heavy (non-hydrogen) atoms. The van der Waals surface area contributed by atoms with Crippen molar-refractivity contribution in [2.24, 2.45) is 0 Å². The van der Waals surface area contributed by atoms with Crippen LogP contribution < -0.4 is 5.30 Å². The molecule has 0 bridgehead atoms. The summed E-state index contributed by atoms with van der Waals surface area (Å²) in [6, 6.07) is 10.0. The van der Waals surface area contributed by atoms with Gasteiger partial charge in [0.1, 0.15) is 0 Å². The maximum absolute atomic E-state index is 8.98. The molecule has 0 spiro atoms. The summed E-state index contributed by atoms with van der Waals surface area (Å²) in [4.78, 5) is 0. The summed E-state index contributed by atoms with van der Waals surface area (Å²) in [7, 11) is 0. The minimum absolute atomic E-state index is 0.156. The van der Waals surface area contributed by atoms with E-state index in [1.165, 1.54) is 5.30 Å². The summed E-state index contributed by atoms with van der Waals surface area (Å²) >= 11 is 6.59. The topological polar surface area (TPSA) is 20.2 Å². The van der Waals surface area contributed by atoms with Crippen molar-refractivity contribution in [2.75, 3.05) is 26.1 Å². The minimum atomic E-state index is -2.32. The van der Waals surface area contributed by atoms with Crippen molar-refractivity contribution in [2.45, 2.75) is 0 Å². The number of halogens is 1. The zero-order valence-corrected chi connectivity index (χ0v) is 9.72. The molecule has 0 atom stereocenters. The fourth-order valence-electron chi connectivity index (χ4n) is 1.30. The third kappa shape index (κ3) is 2.67. The number of aliphatic hydroxyl groups is 1. The molecular weight excluding hydrogens is 203 g/mol. The molecule has 1 aromatic rings. The summed E-state index contributed by atoms with van der Waals surface area (Å²) in [5, 5.41) is 10.1. The number of hydrogen-bond donors (Lipinski definition) is 1. The van der Waals surface area contributed by atoms with Gasteiger partial charge in [-0.15, -0.1) is 0 Å². The van der Waals surface area contributed by atoms with E-state index < -0.39 is 5.96 Å². The first-order chi connectivity index (χ1) is 5.94. The van der Waals surface area contributed by atoms with Crippen LogP contribution in [0.5, 0.6) is 0 Å². The van der Waals surface area contributed by atoms with Crippen LogP contribution in [0.25, 0.3) is 0 Å². The third-order valence-electron chi connectivity index (χ3n) is 2.30. The molecular formula is C10H16ClOP. The standard InChI is InChI=1S/C10H16ClOP/c1-13(2,11,9-8-12)10-6-4-3-5-7-10/h3-7,12H,8-9H2,1-2H3. The molecule has 0 aliphatic heterocycles. The molecule has 1 aromatic carbocycles. The summed E-state index contributed by atoms with van der Waals surface area (Å²) < 4.78 is 0. The van der Waals surface area contributed by atoms with Crippen molar-refractivity contribution in [1.29, 1.82) is 0 Å². The Balaban J connectivity index is 3.05. The quantitative estimate of drug-likeness (QED) is 0.772. The molecule has 1 rings (SSSR count). The Morgan fingerprint density at radius 2 is 1.77 bits per heavy atom. The van der Waals surface area contributed by atoms with Crippen LogP contribution in [-0.4, -0.2) is 31.2 Å². The molecule has 1 N–H and O–H groups in total. The molecule has 0 aliphatic carbocycles. The zero-order valence-electron chi connectivity index (χ0n) is 8.07. The van der Waals surface area contributed by atoms with E-state index >= 15 is 0 Å².